The van der Waals surface area contributed by atoms with E-state index in [4.69, 9.17) is 4.74 Å². The van der Waals surface area contributed by atoms with Crippen LogP contribution in [-0.2, 0) is 19.1 Å². The zero-order valence-corrected chi connectivity index (χ0v) is 17.1. The maximum absolute atomic E-state index is 12.5. The summed E-state index contributed by atoms with van der Waals surface area (Å²) in [5.41, 5.74) is 0. The number of amides is 2. The van der Waals surface area contributed by atoms with E-state index in [1.165, 1.54) is 0 Å². The first-order chi connectivity index (χ1) is 14.1. The molecule has 3 rings (SSSR count). The van der Waals surface area contributed by atoms with Crippen LogP contribution in [0.4, 0.5) is 5.82 Å². The van der Waals surface area contributed by atoms with Crippen LogP contribution in [0.1, 0.15) is 32.6 Å². The number of likely N-dealkylation sites (tertiary alicyclic amines) is 1. The molecule has 8 nitrogen and oxygen atoms in total. The molecule has 2 saturated heterocycles. The Kier molecular flexibility index (Phi) is 7.43. The molecule has 0 N–H and O–H groups in total. The van der Waals surface area contributed by atoms with Crippen molar-refractivity contribution in [3.63, 3.8) is 0 Å². The van der Waals surface area contributed by atoms with Crippen molar-refractivity contribution in [2.24, 2.45) is 5.92 Å². The van der Waals surface area contributed by atoms with Gasteiger partial charge in [0.05, 0.1) is 12.5 Å². The molecule has 2 aliphatic rings. The van der Waals surface area contributed by atoms with Crippen LogP contribution < -0.4 is 4.90 Å². The molecule has 0 saturated carbocycles. The molecule has 0 bridgehead atoms. The maximum Gasteiger partial charge on any atom is 0.309 e. The number of carbonyl (C=O) groups excluding carboxylic acids is 3. The van der Waals surface area contributed by atoms with Crippen molar-refractivity contribution in [1.82, 2.24) is 14.8 Å². The van der Waals surface area contributed by atoms with Crippen LogP contribution in [0.25, 0.3) is 0 Å². The van der Waals surface area contributed by atoms with Gasteiger partial charge in [0.1, 0.15) is 5.82 Å². The van der Waals surface area contributed by atoms with Gasteiger partial charge in [-0.15, -0.1) is 0 Å². The van der Waals surface area contributed by atoms with Crippen LogP contribution in [0.5, 0.6) is 0 Å². The van der Waals surface area contributed by atoms with Gasteiger partial charge in [-0.1, -0.05) is 6.07 Å². The molecule has 2 fully saturated rings. The number of hydrogen-bond acceptors (Lipinski definition) is 6. The van der Waals surface area contributed by atoms with E-state index in [1.807, 2.05) is 23.1 Å². The fraction of sp³-hybridized carbons (Fsp3) is 0.619. The molecule has 0 radical (unpaired) electrons. The van der Waals surface area contributed by atoms with Crippen molar-refractivity contribution in [3.05, 3.63) is 24.4 Å². The Labute approximate surface area is 171 Å². The third-order valence-corrected chi connectivity index (χ3v) is 5.63. The third kappa shape index (κ3) is 5.68. The summed E-state index contributed by atoms with van der Waals surface area (Å²) in [5.74, 6) is 0.671. The number of carbonyl (C=O) groups is 3. The predicted octanol–water partition coefficient (Wildman–Crippen LogP) is 1.31. The normalized spacial score (nSPS) is 17.9. The summed E-state index contributed by atoms with van der Waals surface area (Å²) in [6, 6.07) is 5.82. The van der Waals surface area contributed by atoms with E-state index in [0.717, 1.165) is 18.9 Å². The Morgan fingerprint density at radius 1 is 0.966 bits per heavy atom. The molecular weight excluding hydrogens is 372 g/mol. The van der Waals surface area contributed by atoms with Gasteiger partial charge in [0.15, 0.2) is 0 Å². The van der Waals surface area contributed by atoms with Gasteiger partial charge in [-0.3, -0.25) is 14.4 Å². The number of esters is 1. The minimum atomic E-state index is -0.167. The highest BCUT2D eigenvalue weighted by Gasteiger charge is 2.29. The summed E-state index contributed by atoms with van der Waals surface area (Å²) in [5, 5.41) is 0. The summed E-state index contributed by atoms with van der Waals surface area (Å²) in [4.78, 5) is 46.9. The molecule has 3 heterocycles. The summed E-state index contributed by atoms with van der Waals surface area (Å²) in [7, 11) is 0. The van der Waals surface area contributed by atoms with E-state index >= 15 is 0 Å². The lowest BCUT2D eigenvalue weighted by atomic mass is 9.96. The fourth-order valence-corrected chi connectivity index (χ4v) is 3.88. The number of aromatic nitrogens is 1. The smallest absolute Gasteiger partial charge is 0.309 e. The number of pyridine rings is 1. The fourth-order valence-electron chi connectivity index (χ4n) is 3.88. The number of nitrogens with zero attached hydrogens (tertiary/aromatic N) is 4. The number of rotatable bonds is 6. The Morgan fingerprint density at radius 3 is 2.14 bits per heavy atom. The van der Waals surface area contributed by atoms with Crippen molar-refractivity contribution in [3.8, 4) is 0 Å². The van der Waals surface area contributed by atoms with Crippen LogP contribution in [0, 0.1) is 5.92 Å². The monoisotopic (exact) mass is 402 g/mol. The van der Waals surface area contributed by atoms with Crippen molar-refractivity contribution in [1.29, 1.82) is 0 Å². The first-order valence-electron chi connectivity index (χ1n) is 10.5. The molecule has 2 amide bonds. The minimum absolute atomic E-state index is 0.00668. The molecular formula is C21H30N4O4. The summed E-state index contributed by atoms with van der Waals surface area (Å²) < 4.78 is 5.06. The lowest BCUT2D eigenvalue weighted by Crippen LogP contribution is -2.49. The largest absolute Gasteiger partial charge is 0.466 e. The standard InChI is InChI=1S/C21H30N4O4/c1-2-29-21(28)17-8-11-24(12-9-17)19(26)6-7-20(27)25-15-13-23(14-16-25)18-5-3-4-10-22-18/h3-5,10,17H,2,6-9,11-16H2,1H3. The summed E-state index contributed by atoms with van der Waals surface area (Å²) in [6.07, 6.45) is 3.50. The highest BCUT2D eigenvalue weighted by Crippen LogP contribution is 2.20. The van der Waals surface area contributed by atoms with Gasteiger partial charge < -0.3 is 19.4 Å². The van der Waals surface area contributed by atoms with E-state index < -0.39 is 0 Å². The molecule has 1 aromatic rings. The number of piperidine rings is 1. The predicted molar refractivity (Wildman–Crippen MR) is 108 cm³/mol. The molecule has 8 heteroatoms. The van der Waals surface area contributed by atoms with Crippen molar-refractivity contribution < 1.29 is 19.1 Å². The Morgan fingerprint density at radius 2 is 1.59 bits per heavy atom. The average molecular weight is 402 g/mol. The lowest BCUT2D eigenvalue weighted by molar-refractivity contribution is -0.151. The second-order valence-electron chi connectivity index (χ2n) is 7.46. The number of piperazine rings is 1. The number of anilines is 1. The molecule has 0 atom stereocenters. The second kappa shape index (κ2) is 10.2. The van der Waals surface area contributed by atoms with Gasteiger partial charge in [-0.2, -0.15) is 0 Å². The second-order valence-corrected chi connectivity index (χ2v) is 7.46. The van der Waals surface area contributed by atoms with Crippen molar-refractivity contribution in [2.45, 2.75) is 32.6 Å². The first-order valence-corrected chi connectivity index (χ1v) is 10.5. The van der Waals surface area contributed by atoms with Crippen molar-refractivity contribution >= 4 is 23.6 Å². The SMILES string of the molecule is CCOC(=O)C1CCN(C(=O)CCC(=O)N2CCN(c3ccccn3)CC2)CC1. The van der Waals surface area contributed by atoms with Crippen LogP contribution >= 0.6 is 0 Å². The maximum atomic E-state index is 12.5. The zero-order valence-electron chi connectivity index (χ0n) is 17.1. The van der Waals surface area contributed by atoms with Gasteiger partial charge in [-0.25, -0.2) is 4.98 Å². The highest BCUT2D eigenvalue weighted by atomic mass is 16.5. The molecule has 158 valence electrons. The Bertz CT molecular complexity index is 696. The van der Waals surface area contributed by atoms with E-state index in [9.17, 15) is 14.4 Å². The molecule has 0 aliphatic carbocycles. The number of ether oxygens (including phenoxy) is 1. The van der Waals surface area contributed by atoms with Crippen LogP contribution in [0.15, 0.2) is 24.4 Å². The van der Waals surface area contributed by atoms with Crippen LogP contribution in [-0.4, -0.2) is 78.4 Å². The Balaban J connectivity index is 1.37. The van der Waals surface area contributed by atoms with Crippen molar-refractivity contribution in [2.75, 3.05) is 50.8 Å². The molecule has 0 aromatic carbocycles. The molecule has 29 heavy (non-hydrogen) atoms. The first kappa shape index (κ1) is 21.1. The van der Waals surface area contributed by atoms with Crippen LogP contribution in [0.3, 0.4) is 0 Å². The summed E-state index contributed by atoms with van der Waals surface area (Å²) >= 11 is 0. The van der Waals surface area contributed by atoms with E-state index in [-0.39, 0.29) is 36.5 Å². The quantitative estimate of drug-likeness (QED) is 0.668. The van der Waals surface area contributed by atoms with E-state index in [0.29, 0.717) is 45.6 Å². The van der Waals surface area contributed by atoms with Gasteiger partial charge in [-0.05, 0) is 31.9 Å². The van der Waals surface area contributed by atoms with E-state index in [2.05, 4.69) is 9.88 Å². The molecule has 2 aliphatic heterocycles. The number of hydrogen-bond donors (Lipinski definition) is 0. The van der Waals surface area contributed by atoms with Gasteiger partial charge in [0, 0.05) is 58.3 Å². The lowest BCUT2D eigenvalue weighted by Gasteiger charge is -2.35. The molecule has 0 unspecified atom stereocenters. The molecule has 0 spiro atoms. The van der Waals surface area contributed by atoms with Gasteiger partial charge >= 0.3 is 5.97 Å². The van der Waals surface area contributed by atoms with Gasteiger partial charge in [0.25, 0.3) is 0 Å². The van der Waals surface area contributed by atoms with Gasteiger partial charge in [0.2, 0.25) is 11.8 Å². The highest BCUT2D eigenvalue weighted by molar-refractivity contribution is 5.84. The third-order valence-electron chi connectivity index (χ3n) is 5.63. The minimum Gasteiger partial charge on any atom is -0.466 e. The molecule has 1 aromatic heterocycles. The Hall–Kier alpha value is -2.64. The average Bonchev–Trinajstić information content (AvgIpc) is 2.78. The van der Waals surface area contributed by atoms with E-state index in [1.54, 1.807) is 18.0 Å². The summed E-state index contributed by atoms with van der Waals surface area (Å²) in [6.45, 7) is 6.08. The van der Waals surface area contributed by atoms with Crippen LogP contribution in [0.2, 0.25) is 0 Å². The topological polar surface area (TPSA) is 83.0 Å². The zero-order chi connectivity index (χ0) is 20.6.